The van der Waals surface area contributed by atoms with Crippen LogP contribution in [0, 0.1) is 5.92 Å². The topological polar surface area (TPSA) is 19.4 Å². The van der Waals surface area contributed by atoms with E-state index in [-0.39, 0.29) is 0 Å². The molecule has 98 valence electrons. The summed E-state index contributed by atoms with van der Waals surface area (Å²) >= 11 is 5.99. The summed E-state index contributed by atoms with van der Waals surface area (Å²) in [5.74, 6) is 1.56. The van der Waals surface area contributed by atoms with E-state index in [1.165, 1.54) is 43.7 Å². The van der Waals surface area contributed by atoms with E-state index in [0.29, 0.717) is 5.88 Å². The first-order valence-corrected chi connectivity index (χ1v) is 7.36. The summed E-state index contributed by atoms with van der Waals surface area (Å²) in [5.41, 5.74) is 2.42. The Kier molecular flexibility index (Phi) is 3.71. The summed E-state index contributed by atoms with van der Waals surface area (Å²) in [5, 5.41) is 0. The van der Waals surface area contributed by atoms with E-state index in [4.69, 9.17) is 11.6 Å². The van der Waals surface area contributed by atoms with Gasteiger partial charge in [-0.15, -0.1) is 11.6 Å². The Morgan fingerprint density at radius 3 is 2.67 bits per heavy atom. The number of alkyl halides is 1. The second-order valence-corrected chi connectivity index (χ2v) is 5.64. The van der Waals surface area contributed by atoms with Crippen molar-refractivity contribution in [1.29, 1.82) is 0 Å². The second-order valence-electron chi connectivity index (χ2n) is 5.37. The number of pyridine rings is 1. The highest BCUT2D eigenvalue weighted by Crippen LogP contribution is 2.30. The smallest absolute Gasteiger partial charge is 0.0598 e. The predicted molar refractivity (Wildman–Crippen MR) is 75.2 cm³/mol. The van der Waals surface area contributed by atoms with E-state index >= 15 is 0 Å². The molecule has 0 atom stereocenters. The van der Waals surface area contributed by atoms with Gasteiger partial charge in [0.05, 0.1) is 11.9 Å². The van der Waals surface area contributed by atoms with Gasteiger partial charge in [-0.2, -0.15) is 0 Å². The molecule has 2 aliphatic rings. The fourth-order valence-corrected chi connectivity index (χ4v) is 2.88. The molecule has 1 aromatic heterocycles. The molecule has 0 aromatic carbocycles. The summed E-state index contributed by atoms with van der Waals surface area (Å²) in [6, 6.07) is 2.03. The highest BCUT2D eigenvalue weighted by Gasteiger charge is 2.26. The molecule has 0 spiro atoms. The SMILES string of the molecule is ClCc1ccncc1N1CCN(CC2CC2)CC1. The van der Waals surface area contributed by atoms with Crippen LogP contribution in [0.15, 0.2) is 18.5 Å². The van der Waals surface area contributed by atoms with E-state index in [2.05, 4.69) is 14.8 Å². The standard InChI is InChI=1S/C14H20ClN3/c15-9-13-3-4-16-10-14(13)18-7-5-17(6-8-18)11-12-1-2-12/h3-4,10,12H,1-2,5-9,11H2. The van der Waals surface area contributed by atoms with Crippen LogP contribution >= 0.6 is 11.6 Å². The first kappa shape index (κ1) is 12.2. The lowest BCUT2D eigenvalue weighted by Crippen LogP contribution is -2.47. The molecule has 0 amide bonds. The minimum atomic E-state index is 0.570. The van der Waals surface area contributed by atoms with Crippen molar-refractivity contribution in [2.45, 2.75) is 18.7 Å². The van der Waals surface area contributed by atoms with Gasteiger partial charge in [-0.25, -0.2) is 0 Å². The molecule has 4 heteroatoms. The minimum absolute atomic E-state index is 0.570. The highest BCUT2D eigenvalue weighted by molar-refractivity contribution is 6.17. The molecule has 0 unspecified atom stereocenters. The van der Waals surface area contributed by atoms with Gasteiger partial charge >= 0.3 is 0 Å². The average molecular weight is 266 g/mol. The number of halogens is 1. The molecular formula is C14H20ClN3. The Morgan fingerprint density at radius 1 is 1.22 bits per heavy atom. The lowest BCUT2D eigenvalue weighted by molar-refractivity contribution is 0.248. The van der Waals surface area contributed by atoms with Gasteiger partial charge in [-0.05, 0) is 30.4 Å². The Bertz CT molecular complexity index is 398. The minimum Gasteiger partial charge on any atom is -0.367 e. The summed E-state index contributed by atoms with van der Waals surface area (Å²) < 4.78 is 0. The second kappa shape index (κ2) is 5.45. The fraction of sp³-hybridized carbons (Fsp3) is 0.643. The largest absolute Gasteiger partial charge is 0.367 e. The predicted octanol–water partition coefficient (Wildman–Crippen LogP) is 2.35. The van der Waals surface area contributed by atoms with Crippen LogP contribution < -0.4 is 4.90 Å². The summed E-state index contributed by atoms with van der Waals surface area (Å²) in [6.07, 6.45) is 6.66. The normalized spacial score (nSPS) is 21.3. The lowest BCUT2D eigenvalue weighted by atomic mass is 10.2. The number of aromatic nitrogens is 1. The van der Waals surface area contributed by atoms with Crippen LogP contribution in [0.4, 0.5) is 5.69 Å². The van der Waals surface area contributed by atoms with Crippen molar-refractivity contribution < 1.29 is 0 Å². The lowest BCUT2D eigenvalue weighted by Gasteiger charge is -2.36. The van der Waals surface area contributed by atoms with Crippen molar-refractivity contribution in [1.82, 2.24) is 9.88 Å². The third-order valence-electron chi connectivity index (χ3n) is 3.96. The van der Waals surface area contributed by atoms with Gasteiger partial charge in [-0.1, -0.05) is 0 Å². The third-order valence-corrected chi connectivity index (χ3v) is 4.25. The Labute approximate surface area is 114 Å². The van der Waals surface area contributed by atoms with Gasteiger partial charge in [0, 0.05) is 44.8 Å². The van der Waals surface area contributed by atoms with Crippen molar-refractivity contribution in [2.24, 2.45) is 5.92 Å². The molecule has 0 N–H and O–H groups in total. The Balaban J connectivity index is 1.60. The van der Waals surface area contributed by atoms with Crippen LogP contribution in [-0.2, 0) is 5.88 Å². The number of nitrogens with zero attached hydrogens (tertiary/aromatic N) is 3. The van der Waals surface area contributed by atoms with Gasteiger partial charge in [0.2, 0.25) is 0 Å². The van der Waals surface area contributed by atoms with Gasteiger partial charge in [-0.3, -0.25) is 9.88 Å². The van der Waals surface area contributed by atoms with Crippen LogP contribution in [0.2, 0.25) is 0 Å². The zero-order chi connectivity index (χ0) is 12.4. The van der Waals surface area contributed by atoms with Crippen LogP contribution in [0.25, 0.3) is 0 Å². The van der Waals surface area contributed by atoms with Gasteiger partial charge in [0.25, 0.3) is 0 Å². The van der Waals surface area contributed by atoms with Crippen LogP contribution in [0.5, 0.6) is 0 Å². The molecule has 1 aliphatic heterocycles. The van der Waals surface area contributed by atoms with Gasteiger partial charge in [0.1, 0.15) is 0 Å². The number of anilines is 1. The van der Waals surface area contributed by atoms with Crippen LogP contribution in [0.3, 0.4) is 0 Å². The number of piperazine rings is 1. The molecule has 3 rings (SSSR count). The van der Waals surface area contributed by atoms with E-state index in [1.54, 1.807) is 0 Å². The van der Waals surface area contributed by atoms with Crippen molar-refractivity contribution in [3.63, 3.8) is 0 Å². The van der Waals surface area contributed by atoms with Crippen molar-refractivity contribution in [3.8, 4) is 0 Å². The maximum atomic E-state index is 5.99. The molecule has 1 saturated carbocycles. The van der Waals surface area contributed by atoms with Crippen molar-refractivity contribution >= 4 is 17.3 Å². The molecule has 1 aliphatic carbocycles. The maximum Gasteiger partial charge on any atom is 0.0598 e. The Morgan fingerprint density at radius 2 is 2.00 bits per heavy atom. The van der Waals surface area contributed by atoms with E-state index < -0.39 is 0 Å². The maximum absolute atomic E-state index is 5.99. The Hall–Kier alpha value is -0.800. The van der Waals surface area contributed by atoms with Gasteiger partial charge in [0.15, 0.2) is 0 Å². The summed E-state index contributed by atoms with van der Waals surface area (Å²) in [7, 11) is 0. The number of hydrogen-bond acceptors (Lipinski definition) is 3. The number of rotatable bonds is 4. The highest BCUT2D eigenvalue weighted by atomic mass is 35.5. The van der Waals surface area contributed by atoms with Gasteiger partial charge < -0.3 is 4.90 Å². The van der Waals surface area contributed by atoms with E-state index in [1.807, 2.05) is 18.5 Å². The van der Waals surface area contributed by atoms with E-state index in [9.17, 15) is 0 Å². The molecule has 18 heavy (non-hydrogen) atoms. The molecular weight excluding hydrogens is 246 g/mol. The first-order valence-electron chi connectivity index (χ1n) is 6.83. The molecule has 3 nitrogen and oxygen atoms in total. The molecule has 2 heterocycles. The summed E-state index contributed by atoms with van der Waals surface area (Å²) in [6.45, 7) is 5.86. The monoisotopic (exact) mass is 265 g/mol. The first-order chi connectivity index (χ1) is 8.86. The van der Waals surface area contributed by atoms with E-state index in [0.717, 1.165) is 19.0 Å². The van der Waals surface area contributed by atoms with Crippen LogP contribution in [-0.4, -0.2) is 42.6 Å². The number of hydrogen-bond donors (Lipinski definition) is 0. The molecule has 1 saturated heterocycles. The third kappa shape index (κ3) is 2.78. The van der Waals surface area contributed by atoms with Crippen LogP contribution in [0.1, 0.15) is 18.4 Å². The zero-order valence-corrected chi connectivity index (χ0v) is 11.4. The fourth-order valence-electron chi connectivity index (χ4n) is 2.65. The molecule has 2 fully saturated rings. The van der Waals surface area contributed by atoms with Crippen molar-refractivity contribution in [3.05, 3.63) is 24.0 Å². The molecule has 0 radical (unpaired) electrons. The molecule has 1 aromatic rings. The summed E-state index contributed by atoms with van der Waals surface area (Å²) in [4.78, 5) is 9.26. The zero-order valence-electron chi connectivity index (χ0n) is 10.7. The molecule has 0 bridgehead atoms. The average Bonchev–Trinajstić information content (AvgIpc) is 3.24. The quantitative estimate of drug-likeness (QED) is 0.779. The van der Waals surface area contributed by atoms with Crippen molar-refractivity contribution in [2.75, 3.05) is 37.6 Å².